The van der Waals surface area contributed by atoms with Gasteiger partial charge in [-0.15, -0.1) is 12.4 Å². The summed E-state index contributed by atoms with van der Waals surface area (Å²) in [7, 11) is 0. The van der Waals surface area contributed by atoms with E-state index in [1.54, 1.807) is 6.07 Å². The van der Waals surface area contributed by atoms with Gasteiger partial charge < -0.3 is 10.8 Å². The molecule has 0 bridgehead atoms. The lowest BCUT2D eigenvalue weighted by molar-refractivity contribution is 0.477. The van der Waals surface area contributed by atoms with Crippen LogP contribution in [0.3, 0.4) is 0 Å². The van der Waals surface area contributed by atoms with Crippen LogP contribution in [0.1, 0.15) is 11.1 Å². The summed E-state index contributed by atoms with van der Waals surface area (Å²) in [5.41, 5.74) is 8.08. The molecular formula is C8H12ClNO. The van der Waals surface area contributed by atoms with E-state index >= 15 is 0 Å². The molecule has 0 amide bonds. The monoisotopic (exact) mass is 173 g/mol. The van der Waals surface area contributed by atoms with Gasteiger partial charge in [-0.2, -0.15) is 0 Å². The normalized spacial score (nSPS) is 8.91. The molecule has 0 aliphatic carbocycles. The van der Waals surface area contributed by atoms with E-state index in [1.165, 1.54) is 0 Å². The second-order valence-electron chi connectivity index (χ2n) is 2.44. The highest BCUT2D eigenvalue weighted by atomic mass is 35.5. The highest BCUT2D eigenvalue weighted by Gasteiger charge is 2.00. The molecule has 3 heteroatoms. The van der Waals surface area contributed by atoms with Gasteiger partial charge in [-0.25, -0.2) is 0 Å². The third kappa shape index (κ3) is 1.77. The zero-order chi connectivity index (χ0) is 7.72. The lowest BCUT2D eigenvalue weighted by Gasteiger charge is -2.04. The number of aryl methyl sites for hydroxylation is 1. The SMILES string of the molecule is Cc1ccc(O)c(N)c1C.Cl. The van der Waals surface area contributed by atoms with E-state index in [2.05, 4.69) is 0 Å². The van der Waals surface area contributed by atoms with Gasteiger partial charge in [0.25, 0.3) is 0 Å². The molecule has 11 heavy (non-hydrogen) atoms. The number of phenolic OH excluding ortho intramolecular Hbond substituents is 1. The Morgan fingerprint density at radius 3 is 2.27 bits per heavy atom. The van der Waals surface area contributed by atoms with Crippen molar-refractivity contribution < 1.29 is 5.11 Å². The Kier molecular flexibility index (Phi) is 3.20. The molecule has 1 aromatic rings. The Morgan fingerprint density at radius 2 is 1.82 bits per heavy atom. The quantitative estimate of drug-likeness (QED) is 0.466. The third-order valence-corrected chi connectivity index (χ3v) is 1.76. The smallest absolute Gasteiger partial charge is 0.138 e. The molecule has 0 unspecified atom stereocenters. The molecular weight excluding hydrogens is 162 g/mol. The Morgan fingerprint density at radius 1 is 1.27 bits per heavy atom. The zero-order valence-electron chi connectivity index (χ0n) is 6.59. The molecule has 2 nitrogen and oxygen atoms in total. The van der Waals surface area contributed by atoms with Crippen molar-refractivity contribution >= 4 is 18.1 Å². The highest BCUT2D eigenvalue weighted by molar-refractivity contribution is 5.85. The van der Waals surface area contributed by atoms with E-state index < -0.39 is 0 Å². The second-order valence-corrected chi connectivity index (χ2v) is 2.44. The van der Waals surface area contributed by atoms with Gasteiger partial charge in [0.2, 0.25) is 0 Å². The van der Waals surface area contributed by atoms with Gasteiger partial charge >= 0.3 is 0 Å². The number of hydrogen-bond acceptors (Lipinski definition) is 2. The van der Waals surface area contributed by atoms with Crippen LogP contribution in [0, 0.1) is 13.8 Å². The Hall–Kier alpha value is -0.890. The predicted molar refractivity (Wildman–Crippen MR) is 49.2 cm³/mol. The average molecular weight is 174 g/mol. The van der Waals surface area contributed by atoms with Crippen LogP contribution < -0.4 is 5.73 Å². The number of hydrogen-bond donors (Lipinski definition) is 2. The molecule has 0 atom stereocenters. The molecule has 0 fully saturated rings. The zero-order valence-corrected chi connectivity index (χ0v) is 7.40. The first-order chi connectivity index (χ1) is 4.63. The van der Waals surface area contributed by atoms with E-state index in [0.29, 0.717) is 5.69 Å². The van der Waals surface area contributed by atoms with Crippen molar-refractivity contribution in [2.75, 3.05) is 5.73 Å². The Balaban J connectivity index is 0.000001000. The van der Waals surface area contributed by atoms with Crippen molar-refractivity contribution in [3.8, 4) is 5.75 Å². The van der Waals surface area contributed by atoms with Crippen LogP contribution in [0.5, 0.6) is 5.75 Å². The number of phenols is 1. The minimum Gasteiger partial charge on any atom is -0.506 e. The molecule has 0 aliphatic heterocycles. The number of rotatable bonds is 0. The number of aromatic hydroxyl groups is 1. The molecule has 0 radical (unpaired) electrons. The van der Waals surface area contributed by atoms with Gasteiger partial charge in [-0.1, -0.05) is 6.07 Å². The van der Waals surface area contributed by atoms with Gasteiger partial charge in [0.15, 0.2) is 0 Å². The maximum Gasteiger partial charge on any atom is 0.138 e. The minimum atomic E-state index is 0. The topological polar surface area (TPSA) is 46.2 Å². The summed E-state index contributed by atoms with van der Waals surface area (Å²) in [5.74, 6) is 0.170. The first-order valence-corrected chi connectivity index (χ1v) is 3.17. The standard InChI is InChI=1S/C8H11NO.ClH/c1-5-3-4-7(10)8(9)6(5)2;/h3-4,10H,9H2,1-2H3;1H. The molecule has 0 saturated carbocycles. The van der Waals surface area contributed by atoms with E-state index in [1.807, 2.05) is 19.9 Å². The molecule has 0 aromatic heterocycles. The van der Waals surface area contributed by atoms with Crippen LogP contribution in [0.15, 0.2) is 12.1 Å². The molecule has 0 aliphatic rings. The lowest BCUT2D eigenvalue weighted by atomic mass is 10.1. The predicted octanol–water partition coefficient (Wildman–Crippen LogP) is 2.01. The number of benzene rings is 1. The summed E-state index contributed by atoms with van der Waals surface area (Å²) in [6.07, 6.45) is 0. The molecule has 0 saturated heterocycles. The van der Waals surface area contributed by atoms with Crippen molar-refractivity contribution in [3.05, 3.63) is 23.3 Å². The molecule has 1 rings (SSSR count). The molecule has 3 N–H and O–H groups in total. The highest BCUT2D eigenvalue weighted by Crippen LogP contribution is 2.25. The van der Waals surface area contributed by atoms with E-state index in [4.69, 9.17) is 10.8 Å². The van der Waals surface area contributed by atoms with Gasteiger partial charge in [0.1, 0.15) is 5.75 Å². The van der Waals surface area contributed by atoms with Crippen LogP contribution in [-0.2, 0) is 0 Å². The fourth-order valence-electron chi connectivity index (χ4n) is 0.823. The summed E-state index contributed by atoms with van der Waals surface area (Å²) in [6.45, 7) is 3.86. The second kappa shape index (κ2) is 3.49. The average Bonchev–Trinajstić information content (AvgIpc) is 1.93. The molecule has 1 aromatic carbocycles. The summed E-state index contributed by atoms with van der Waals surface area (Å²) in [4.78, 5) is 0. The lowest BCUT2D eigenvalue weighted by Crippen LogP contribution is -1.91. The van der Waals surface area contributed by atoms with Crippen LogP contribution in [0.25, 0.3) is 0 Å². The Bertz CT molecular complexity index is 234. The van der Waals surface area contributed by atoms with Crippen molar-refractivity contribution in [3.63, 3.8) is 0 Å². The van der Waals surface area contributed by atoms with Crippen LogP contribution >= 0.6 is 12.4 Å². The van der Waals surface area contributed by atoms with Gasteiger partial charge in [0.05, 0.1) is 5.69 Å². The molecule has 0 spiro atoms. The summed E-state index contributed by atoms with van der Waals surface area (Å²) in [6, 6.07) is 3.46. The number of anilines is 1. The van der Waals surface area contributed by atoms with Crippen LogP contribution in [0.2, 0.25) is 0 Å². The molecule has 0 heterocycles. The van der Waals surface area contributed by atoms with Crippen LogP contribution in [-0.4, -0.2) is 5.11 Å². The van der Waals surface area contributed by atoms with Crippen molar-refractivity contribution in [2.24, 2.45) is 0 Å². The number of nitrogen functional groups attached to an aromatic ring is 1. The fourth-order valence-corrected chi connectivity index (χ4v) is 0.823. The summed E-state index contributed by atoms with van der Waals surface area (Å²) in [5, 5.41) is 9.10. The molecule has 62 valence electrons. The minimum absolute atomic E-state index is 0. The van der Waals surface area contributed by atoms with Gasteiger partial charge in [0, 0.05) is 0 Å². The first-order valence-electron chi connectivity index (χ1n) is 3.17. The third-order valence-electron chi connectivity index (χ3n) is 1.76. The maximum atomic E-state index is 9.10. The Labute approximate surface area is 72.4 Å². The van der Waals surface area contributed by atoms with Crippen molar-refractivity contribution in [1.82, 2.24) is 0 Å². The van der Waals surface area contributed by atoms with Gasteiger partial charge in [-0.05, 0) is 31.0 Å². The number of halogens is 1. The maximum absolute atomic E-state index is 9.10. The van der Waals surface area contributed by atoms with E-state index in [9.17, 15) is 0 Å². The number of nitrogens with two attached hydrogens (primary N) is 1. The summed E-state index contributed by atoms with van der Waals surface area (Å²) >= 11 is 0. The summed E-state index contributed by atoms with van der Waals surface area (Å²) < 4.78 is 0. The largest absolute Gasteiger partial charge is 0.506 e. The first kappa shape index (κ1) is 10.1. The van der Waals surface area contributed by atoms with E-state index in [-0.39, 0.29) is 18.2 Å². The van der Waals surface area contributed by atoms with E-state index in [0.717, 1.165) is 11.1 Å². The van der Waals surface area contributed by atoms with Crippen molar-refractivity contribution in [2.45, 2.75) is 13.8 Å². The van der Waals surface area contributed by atoms with Crippen LogP contribution in [0.4, 0.5) is 5.69 Å². The van der Waals surface area contributed by atoms with Crippen molar-refractivity contribution in [1.29, 1.82) is 0 Å². The fraction of sp³-hybridized carbons (Fsp3) is 0.250. The van der Waals surface area contributed by atoms with Gasteiger partial charge in [-0.3, -0.25) is 0 Å².